The smallest absolute Gasteiger partial charge is 0.0351 e. The predicted octanol–water partition coefficient (Wildman–Crippen LogP) is 5.44. The fourth-order valence-corrected chi connectivity index (χ4v) is 5.28. The molecule has 1 aromatic carbocycles. The van der Waals surface area contributed by atoms with Crippen molar-refractivity contribution in [2.45, 2.75) is 64.3 Å². The van der Waals surface area contributed by atoms with Crippen LogP contribution >= 0.6 is 0 Å². The lowest BCUT2D eigenvalue weighted by molar-refractivity contribution is 0.104. The van der Waals surface area contributed by atoms with Crippen LogP contribution in [0.4, 0.5) is 0 Å². The van der Waals surface area contributed by atoms with Crippen LogP contribution in [0.25, 0.3) is 0 Å². The quantitative estimate of drug-likeness (QED) is 0.657. The summed E-state index contributed by atoms with van der Waals surface area (Å²) in [6.45, 7) is 4.92. The van der Waals surface area contributed by atoms with Gasteiger partial charge in [-0.1, -0.05) is 30.4 Å². The van der Waals surface area contributed by atoms with Gasteiger partial charge in [0.1, 0.15) is 0 Å². The molecule has 23 heavy (non-hydrogen) atoms. The van der Waals surface area contributed by atoms with Crippen LogP contribution in [-0.4, -0.2) is 18.0 Å². The average molecular weight is 309 g/mol. The number of fused-ring (bicyclic) bond motifs is 1. The number of likely N-dealkylation sites (tertiary alicyclic amines) is 1. The highest BCUT2D eigenvalue weighted by Gasteiger charge is 2.31. The Bertz CT molecular complexity index is 565. The minimum absolute atomic E-state index is 0.696. The molecule has 0 saturated carbocycles. The molecule has 124 valence electrons. The molecular formula is C22H31N. The van der Waals surface area contributed by atoms with Gasteiger partial charge >= 0.3 is 0 Å². The molecule has 1 saturated heterocycles. The van der Waals surface area contributed by atoms with E-state index in [9.17, 15) is 0 Å². The highest BCUT2D eigenvalue weighted by molar-refractivity contribution is 5.38. The Balaban J connectivity index is 1.44. The Kier molecular flexibility index (Phi) is 4.57. The van der Waals surface area contributed by atoms with Gasteiger partial charge in [-0.15, -0.1) is 0 Å². The summed E-state index contributed by atoms with van der Waals surface area (Å²) in [6.07, 6.45) is 16.0. The summed E-state index contributed by atoms with van der Waals surface area (Å²) < 4.78 is 0. The van der Waals surface area contributed by atoms with E-state index in [-0.39, 0.29) is 0 Å². The van der Waals surface area contributed by atoms with Gasteiger partial charge in [0, 0.05) is 6.04 Å². The lowest BCUT2D eigenvalue weighted by Crippen LogP contribution is -2.39. The minimum Gasteiger partial charge on any atom is -0.296 e. The van der Waals surface area contributed by atoms with Gasteiger partial charge in [-0.25, -0.2) is 0 Å². The molecule has 0 bridgehead atoms. The number of allylic oxidation sites excluding steroid dienone is 2. The van der Waals surface area contributed by atoms with Gasteiger partial charge in [0.25, 0.3) is 0 Å². The van der Waals surface area contributed by atoms with Gasteiger partial charge in [0.2, 0.25) is 0 Å². The molecule has 2 atom stereocenters. The summed E-state index contributed by atoms with van der Waals surface area (Å²) in [7, 11) is 0. The van der Waals surface area contributed by atoms with Gasteiger partial charge in [-0.05, 0) is 99.9 Å². The third kappa shape index (κ3) is 3.13. The van der Waals surface area contributed by atoms with Crippen LogP contribution in [0.2, 0.25) is 0 Å². The Labute approximate surface area is 141 Å². The van der Waals surface area contributed by atoms with Gasteiger partial charge < -0.3 is 0 Å². The van der Waals surface area contributed by atoms with Crippen molar-refractivity contribution in [2.24, 2.45) is 11.8 Å². The summed E-state index contributed by atoms with van der Waals surface area (Å²) >= 11 is 0. The Hall–Kier alpha value is -1.08. The largest absolute Gasteiger partial charge is 0.296 e. The Morgan fingerprint density at radius 1 is 1.00 bits per heavy atom. The molecule has 1 aromatic rings. The molecule has 1 heterocycles. The number of piperidine rings is 1. The zero-order chi connectivity index (χ0) is 15.6. The van der Waals surface area contributed by atoms with Crippen LogP contribution in [0.3, 0.4) is 0 Å². The molecule has 1 nitrogen and oxygen atoms in total. The number of aryl methyl sites for hydroxylation is 1. The summed E-state index contributed by atoms with van der Waals surface area (Å²) in [5.41, 5.74) is 4.81. The van der Waals surface area contributed by atoms with E-state index in [1.54, 1.807) is 11.1 Å². The van der Waals surface area contributed by atoms with E-state index in [0.29, 0.717) is 6.04 Å². The number of hydrogen-bond donors (Lipinski definition) is 0. The third-order valence-corrected chi connectivity index (χ3v) is 6.62. The zero-order valence-electron chi connectivity index (χ0n) is 14.6. The second-order valence-corrected chi connectivity index (χ2v) is 7.95. The minimum atomic E-state index is 0.696. The molecule has 0 radical (unpaired) electrons. The van der Waals surface area contributed by atoms with Crippen molar-refractivity contribution in [2.75, 3.05) is 13.1 Å². The normalized spacial score (nSPS) is 29.4. The van der Waals surface area contributed by atoms with Crippen molar-refractivity contribution in [1.29, 1.82) is 0 Å². The van der Waals surface area contributed by atoms with E-state index in [4.69, 9.17) is 0 Å². The number of hydrogen-bond acceptors (Lipinski definition) is 1. The van der Waals surface area contributed by atoms with E-state index in [2.05, 4.69) is 42.2 Å². The molecule has 0 aromatic heterocycles. The summed E-state index contributed by atoms with van der Waals surface area (Å²) in [4.78, 5) is 2.81. The van der Waals surface area contributed by atoms with Crippen molar-refractivity contribution in [3.8, 4) is 0 Å². The molecule has 1 unspecified atom stereocenters. The molecule has 1 aliphatic heterocycles. The van der Waals surface area contributed by atoms with Crippen LogP contribution in [0.1, 0.15) is 67.7 Å². The summed E-state index contributed by atoms with van der Waals surface area (Å²) in [5, 5.41) is 0. The Morgan fingerprint density at radius 3 is 2.65 bits per heavy atom. The molecule has 0 amide bonds. The van der Waals surface area contributed by atoms with Crippen LogP contribution in [0.15, 0.2) is 30.4 Å². The van der Waals surface area contributed by atoms with Crippen molar-refractivity contribution < 1.29 is 0 Å². The summed E-state index contributed by atoms with van der Waals surface area (Å²) in [5.74, 6) is 1.83. The number of benzene rings is 1. The van der Waals surface area contributed by atoms with E-state index >= 15 is 0 Å². The van der Waals surface area contributed by atoms with E-state index < -0.39 is 0 Å². The highest BCUT2D eigenvalue weighted by Crippen LogP contribution is 2.39. The first-order valence-corrected chi connectivity index (χ1v) is 9.82. The fourth-order valence-electron chi connectivity index (χ4n) is 5.28. The van der Waals surface area contributed by atoms with Crippen LogP contribution in [0, 0.1) is 18.8 Å². The van der Waals surface area contributed by atoms with E-state index in [1.165, 1.54) is 70.0 Å². The first-order chi connectivity index (χ1) is 11.3. The zero-order valence-corrected chi connectivity index (χ0v) is 14.6. The van der Waals surface area contributed by atoms with Crippen molar-refractivity contribution in [1.82, 2.24) is 4.90 Å². The monoisotopic (exact) mass is 309 g/mol. The molecule has 4 rings (SSSR count). The van der Waals surface area contributed by atoms with Gasteiger partial charge in [0.05, 0.1) is 0 Å². The first kappa shape index (κ1) is 15.4. The molecule has 1 fully saturated rings. The maximum Gasteiger partial charge on any atom is 0.0351 e. The molecule has 0 N–H and O–H groups in total. The van der Waals surface area contributed by atoms with Gasteiger partial charge in [-0.3, -0.25) is 4.90 Å². The topological polar surface area (TPSA) is 3.24 Å². The fraction of sp³-hybridized carbons (Fsp3) is 0.636. The second-order valence-electron chi connectivity index (χ2n) is 7.95. The number of nitrogens with zero attached hydrogens (tertiary/aromatic N) is 1. The van der Waals surface area contributed by atoms with Crippen LogP contribution < -0.4 is 0 Å². The third-order valence-electron chi connectivity index (χ3n) is 6.62. The molecular weight excluding hydrogens is 278 g/mol. The second kappa shape index (κ2) is 6.81. The first-order valence-electron chi connectivity index (χ1n) is 9.82. The van der Waals surface area contributed by atoms with Crippen molar-refractivity contribution >= 4 is 0 Å². The SMILES string of the molecule is Cc1cccc2c1CCCC2N1CCC([C@@H]2C=CCCC2)CC1. The molecule has 1 heteroatoms. The predicted molar refractivity (Wildman–Crippen MR) is 97.6 cm³/mol. The molecule has 0 spiro atoms. The molecule has 2 aliphatic carbocycles. The maximum atomic E-state index is 2.81. The van der Waals surface area contributed by atoms with Gasteiger partial charge in [-0.2, -0.15) is 0 Å². The van der Waals surface area contributed by atoms with Crippen molar-refractivity contribution in [3.63, 3.8) is 0 Å². The standard InChI is InChI=1S/C22H31N/c1-17-7-5-11-21-20(17)10-6-12-22(21)23-15-13-19(14-16-23)18-8-3-2-4-9-18/h3,5,7-8,11,18-19,22H,2,4,6,9-10,12-16H2,1H3/t18-,22?/m1/s1. The molecule has 3 aliphatic rings. The lowest BCUT2D eigenvalue weighted by Gasteiger charge is -2.42. The maximum absolute atomic E-state index is 2.81. The lowest BCUT2D eigenvalue weighted by atomic mass is 9.78. The van der Waals surface area contributed by atoms with Crippen molar-refractivity contribution in [3.05, 3.63) is 47.0 Å². The van der Waals surface area contributed by atoms with E-state index in [0.717, 1.165) is 11.8 Å². The van der Waals surface area contributed by atoms with Crippen LogP contribution in [0.5, 0.6) is 0 Å². The average Bonchev–Trinajstić information content (AvgIpc) is 2.63. The van der Waals surface area contributed by atoms with Gasteiger partial charge in [0.15, 0.2) is 0 Å². The number of rotatable bonds is 2. The summed E-state index contributed by atoms with van der Waals surface area (Å²) in [6, 6.07) is 7.67. The van der Waals surface area contributed by atoms with E-state index in [1.807, 2.05) is 0 Å². The highest BCUT2D eigenvalue weighted by atomic mass is 15.2. The Morgan fingerprint density at radius 2 is 1.87 bits per heavy atom. The van der Waals surface area contributed by atoms with Crippen LogP contribution in [-0.2, 0) is 6.42 Å².